The Morgan fingerprint density at radius 2 is 1.72 bits per heavy atom. The summed E-state index contributed by atoms with van der Waals surface area (Å²) in [6.07, 6.45) is 13.6. The van der Waals surface area contributed by atoms with E-state index in [-0.39, 0.29) is 45.2 Å². The number of benzene rings is 1. The fourth-order valence-corrected chi connectivity index (χ4v) is 12.9. The molecule has 264 valence electrons. The topological polar surface area (TPSA) is 84.0 Å². The number of nitrogens with zero attached hydrogens (tertiary/aromatic N) is 2. The molecule has 0 aliphatic heterocycles. The third kappa shape index (κ3) is 4.49. The normalized spacial score (nSPS) is 38.3. The van der Waals surface area contributed by atoms with Gasteiger partial charge in [0.05, 0.1) is 22.2 Å². The lowest BCUT2D eigenvalue weighted by molar-refractivity contribution is -0.170. The van der Waals surface area contributed by atoms with Crippen molar-refractivity contribution in [3.8, 4) is 0 Å². The second-order valence-electron chi connectivity index (χ2n) is 18.2. The van der Waals surface area contributed by atoms with Gasteiger partial charge in [0.2, 0.25) is 5.91 Å². The molecule has 5 aliphatic carbocycles. The summed E-state index contributed by atoms with van der Waals surface area (Å²) in [6, 6.07) is 10.6. The number of allylic oxidation sites excluding steroid dienone is 2. The summed E-state index contributed by atoms with van der Waals surface area (Å²) in [5, 5.41) is 0.886. The summed E-state index contributed by atoms with van der Waals surface area (Å²) in [5.41, 5.74) is 10.3. The van der Waals surface area contributed by atoms with Crippen molar-refractivity contribution in [1.29, 1.82) is 0 Å². The molecule has 0 radical (unpaired) electrons. The van der Waals surface area contributed by atoms with E-state index in [0.29, 0.717) is 29.2 Å². The maximum atomic E-state index is 14.4. The van der Waals surface area contributed by atoms with Gasteiger partial charge in [0, 0.05) is 23.2 Å². The Morgan fingerprint density at radius 3 is 2.48 bits per heavy atom. The molecule has 2 amide bonds. The Hall–Kier alpha value is -3.61. The van der Waals surface area contributed by atoms with Gasteiger partial charge in [-0.05, 0) is 139 Å². The number of aromatic nitrogens is 2. The van der Waals surface area contributed by atoms with Gasteiger partial charge >= 0.3 is 0 Å². The van der Waals surface area contributed by atoms with Crippen molar-refractivity contribution < 1.29 is 14.0 Å². The Labute approximate surface area is 296 Å². The lowest BCUT2D eigenvalue weighted by Crippen LogP contribution is -2.66. The third-order valence-electron chi connectivity index (χ3n) is 15.8. The number of nitrogens with one attached hydrogen (secondary N) is 2. The summed E-state index contributed by atoms with van der Waals surface area (Å²) < 4.78 is 14.4. The first-order valence-electron chi connectivity index (χ1n) is 19.0. The predicted molar refractivity (Wildman–Crippen MR) is 194 cm³/mol. The lowest BCUT2D eigenvalue weighted by atomic mass is 9.33. The second kappa shape index (κ2) is 11.2. The molecular formula is C43H53FN4O2. The van der Waals surface area contributed by atoms with Crippen molar-refractivity contribution in [1.82, 2.24) is 20.8 Å². The average molecular weight is 677 g/mol. The number of hydrogen-bond donors (Lipinski definition) is 2. The van der Waals surface area contributed by atoms with Crippen molar-refractivity contribution >= 4 is 22.7 Å². The Bertz CT molecular complexity index is 1920. The summed E-state index contributed by atoms with van der Waals surface area (Å²) in [4.78, 5) is 36.6. The standard InChI is InChI=1S/C43H53FN4O2/c1-25-14-17-43(38(50)48-47-37(49)27-9-8-20-45-24-27)19-18-41(6)31(35(43)26(25)2)11-13-34-40(5)23-29-21-28-22-30(44)10-12-32(28)46-36(29)39(3,4)33(40)15-16-42(34,41)7/h8-12,20-22,24-26,33-35H,13-19,23H2,1-7H3,(H,47,49)(H,48,50)/t25-,26+,33+,34-,35+,40+,41-,42-,43+/m1/s1. The summed E-state index contributed by atoms with van der Waals surface area (Å²) >= 11 is 0. The minimum absolute atomic E-state index is 0.0438. The monoisotopic (exact) mass is 676 g/mol. The van der Waals surface area contributed by atoms with Crippen LogP contribution in [0.25, 0.3) is 10.9 Å². The molecule has 5 aliphatic rings. The number of fused-ring (bicyclic) bond motifs is 9. The fraction of sp³-hybridized carbons (Fsp3) is 0.581. The molecule has 2 aromatic heterocycles. The van der Waals surface area contributed by atoms with Crippen LogP contribution < -0.4 is 10.9 Å². The Morgan fingerprint density at radius 1 is 0.920 bits per heavy atom. The van der Waals surface area contributed by atoms with Gasteiger partial charge in [-0.15, -0.1) is 0 Å². The zero-order valence-electron chi connectivity index (χ0n) is 30.8. The van der Waals surface area contributed by atoms with Gasteiger partial charge in [-0.3, -0.25) is 30.4 Å². The van der Waals surface area contributed by atoms with E-state index in [9.17, 15) is 14.0 Å². The maximum absolute atomic E-state index is 14.4. The highest BCUT2D eigenvalue weighted by atomic mass is 19.1. The van der Waals surface area contributed by atoms with E-state index >= 15 is 0 Å². The second-order valence-corrected chi connectivity index (χ2v) is 18.2. The molecule has 3 saturated carbocycles. The van der Waals surface area contributed by atoms with Crippen LogP contribution in [0.2, 0.25) is 0 Å². The number of hydrogen-bond acceptors (Lipinski definition) is 4. The van der Waals surface area contributed by atoms with Gasteiger partial charge < -0.3 is 0 Å². The van der Waals surface area contributed by atoms with E-state index in [1.807, 2.05) is 6.07 Å². The highest BCUT2D eigenvalue weighted by Gasteiger charge is 2.69. The number of amides is 2. The summed E-state index contributed by atoms with van der Waals surface area (Å²) in [6.45, 7) is 17.2. The first kappa shape index (κ1) is 33.5. The number of halogens is 1. The largest absolute Gasteiger partial charge is 0.273 e. The van der Waals surface area contributed by atoms with Crippen molar-refractivity contribution in [3.63, 3.8) is 0 Å². The molecule has 2 N–H and O–H groups in total. The molecule has 0 unspecified atom stereocenters. The van der Waals surface area contributed by atoms with Gasteiger partial charge in [0.1, 0.15) is 5.82 Å². The molecule has 3 aromatic rings. The molecule has 6 nitrogen and oxygen atoms in total. The van der Waals surface area contributed by atoms with Crippen molar-refractivity contribution in [2.45, 2.75) is 105 Å². The van der Waals surface area contributed by atoms with Gasteiger partial charge in [0.15, 0.2) is 0 Å². The minimum atomic E-state index is -0.558. The van der Waals surface area contributed by atoms with Crippen LogP contribution in [0, 0.1) is 57.1 Å². The molecule has 9 atom stereocenters. The fourth-order valence-electron chi connectivity index (χ4n) is 12.9. The Kier molecular flexibility index (Phi) is 7.51. The van der Waals surface area contributed by atoms with Crippen LogP contribution >= 0.6 is 0 Å². The minimum Gasteiger partial charge on any atom is -0.273 e. The molecule has 0 spiro atoms. The SMILES string of the molecule is C[C@H]1[C@H](C)CC[C@]2(C(=O)NNC(=O)c3cccnc3)CC[C@]3(C)C(=CC[C@@H]4[C@@]5(C)Cc6cc7cc(F)ccc7nc6C(C)(C)[C@@H]5CC[C@]43C)[C@H]12. The number of carbonyl (C=O) groups is 2. The smallest absolute Gasteiger partial charge is 0.271 e. The van der Waals surface area contributed by atoms with E-state index in [1.54, 1.807) is 24.4 Å². The van der Waals surface area contributed by atoms with Crippen molar-refractivity contribution in [2.24, 2.45) is 51.2 Å². The van der Waals surface area contributed by atoms with Crippen LogP contribution in [0.4, 0.5) is 4.39 Å². The van der Waals surface area contributed by atoms with E-state index in [1.165, 1.54) is 29.1 Å². The van der Waals surface area contributed by atoms with Crippen LogP contribution in [0.3, 0.4) is 0 Å². The first-order chi connectivity index (χ1) is 23.7. The van der Waals surface area contributed by atoms with Crippen LogP contribution in [-0.2, 0) is 16.6 Å². The quantitative estimate of drug-likeness (QED) is 0.210. The maximum Gasteiger partial charge on any atom is 0.271 e. The summed E-state index contributed by atoms with van der Waals surface area (Å²) in [5.74, 6) is 1.32. The molecule has 8 rings (SSSR count). The van der Waals surface area contributed by atoms with Gasteiger partial charge in [-0.1, -0.05) is 60.1 Å². The number of carbonyl (C=O) groups excluding carboxylic acids is 2. The molecule has 0 saturated heterocycles. The predicted octanol–water partition coefficient (Wildman–Crippen LogP) is 8.90. The van der Waals surface area contributed by atoms with Crippen LogP contribution in [-0.4, -0.2) is 21.8 Å². The average Bonchev–Trinajstić information content (AvgIpc) is 3.08. The van der Waals surface area contributed by atoms with Gasteiger partial charge in [-0.25, -0.2) is 4.39 Å². The van der Waals surface area contributed by atoms with E-state index in [4.69, 9.17) is 4.98 Å². The molecule has 3 fully saturated rings. The first-order valence-corrected chi connectivity index (χ1v) is 19.0. The zero-order valence-corrected chi connectivity index (χ0v) is 30.8. The number of pyridine rings is 2. The molecule has 50 heavy (non-hydrogen) atoms. The Balaban J connectivity index is 1.16. The van der Waals surface area contributed by atoms with E-state index in [0.717, 1.165) is 62.3 Å². The van der Waals surface area contributed by atoms with Crippen LogP contribution in [0.1, 0.15) is 115 Å². The highest BCUT2D eigenvalue weighted by molar-refractivity contribution is 5.95. The molecule has 2 heterocycles. The van der Waals surface area contributed by atoms with E-state index in [2.05, 4.69) is 76.4 Å². The molecule has 1 aromatic carbocycles. The van der Waals surface area contributed by atoms with Crippen molar-refractivity contribution in [2.75, 3.05) is 0 Å². The van der Waals surface area contributed by atoms with Crippen LogP contribution in [0.15, 0.2) is 60.4 Å². The lowest BCUT2D eigenvalue weighted by Gasteiger charge is -2.71. The van der Waals surface area contributed by atoms with Crippen molar-refractivity contribution in [3.05, 3.63) is 83.1 Å². The highest BCUT2D eigenvalue weighted by Crippen LogP contribution is 2.75. The zero-order chi connectivity index (χ0) is 35.4. The molecular weight excluding hydrogens is 623 g/mol. The van der Waals surface area contributed by atoms with Gasteiger partial charge in [0.25, 0.3) is 5.91 Å². The van der Waals surface area contributed by atoms with Gasteiger partial charge in [-0.2, -0.15) is 0 Å². The third-order valence-corrected chi connectivity index (χ3v) is 15.8. The number of hydrazine groups is 1. The van der Waals surface area contributed by atoms with Crippen LogP contribution in [0.5, 0.6) is 0 Å². The van der Waals surface area contributed by atoms with E-state index < -0.39 is 5.41 Å². The molecule has 7 heteroatoms. The summed E-state index contributed by atoms with van der Waals surface area (Å²) in [7, 11) is 0. The molecule has 0 bridgehead atoms. The number of rotatable bonds is 2.